The normalized spacial score (nSPS) is 11.6. The molecule has 3 nitrogen and oxygen atoms in total. The van der Waals surface area contributed by atoms with Crippen molar-refractivity contribution < 1.29 is 0 Å². The minimum Gasteiger partial charge on any atom is -0.253 e. The van der Waals surface area contributed by atoms with Gasteiger partial charge in [0.05, 0.1) is 10.2 Å². The zero-order chi connectivity index (χ0) is 13.6. The zero-order valence-electron chi connectivity index (χ0n) is 10.7. The highest BCUT2D eigenvalue weighted by molar-refractivity contribution is 7.22. The number of hydrazone groups is 1. The van der Waals surface area contributed by atoms with E-state index in [9.17, 15) is 0 Å². The number of anilines is 1. The smallest absolute Gasteiger partial charge is 0.204 e. The van der Waals surface area contributed by atoms with Gasteiger partial charge in [0.25, 0.3) is 0 Å². The summed E-state index contributed by atoms with van der Waals surface area (Å²) in [6.45, 7) is 0. The number of hydrogen-bond donors (Lipinski definition) is 1. The van der Waals surface area contributed by atoms with E-state index >= 15 is 0 Å². The summed E-state index contributed by atoms with van der Waals surface area (Å²) in [7, 11) is 0. The Bertz CT molecular complexity index is 712. The van der Waals surface area contributed by atoms with Crippen molar-refractivity contribution in [3.05, 3.63) is 66.2 Å². The number of aromatic nitrogens is 1. The second kappa shape index (κ2) is 6.12. The van der Waals surface area contributed by atoms with Crippen LogP contribution in [-0.4, -0.2) is 11.2 Å². The first kappa shape index (κ1) is 12.6. The van der Waals surface area contributed by atoms with Crippen LogP contribution in [0.4, 0.5) is 5.13 Å². The first-order valence-corrected chi connectivity index (χ1v) is 7.10. The van der Waals surface area contributed by atoms with Crippen LogP contribution >= 0.6 is 11.3 Å². The van der Waals surface area contributed by atoms with Crippen molar-refractivity contribution >= 4 is 39.0 Å². The Morgan fingerprint density at radius 2 is 1.80 bits per heavy atom. The van der Waals surface area contributed by atoms with Gasteiger partial charge in [0.1, 0.15) is 0 Å². The monoisotopic (exact) mass is 279 g/mol. The third-order valence-electron chi connectivity index (χ3n) is 2.70. The Morgan fingerprint density at radius 1 is 1.00 bits per heavy atom. The van der Waals surface area contributed by atoms with Crippen LogP contribution in [0.2, 0.25) is 0 Å². The van der Waals surface area contributed by atoms with E-state index < -0.39 is 0 Å². The van der Waals surface area contributed by atoms with Crippen molar-refractivity contribution in [3.8, 4) is 0 Å². The molecule has 98 valence electrons. The molecule has 0 saturated carbocycles. The zero-order valence-corrected chi connectivity index (χ0v) is 11.5. The maximum absolute atomic E-state index is 4.44. The third-order valence-corrected chi connectivity index (χ3v) is 3.64. The van der Waals surface area contributed by atoms with Crippen LogP contribution in [-0.2, 0) is 0 Å². The van der Waals surface area contributed by atoms with Gasteiger partial charge in [-0.2, -0.15) is 5.10 Å². The van der Waals surface area contributed by atoms with Gasteiger partial charge in [-0.25, -0.2) is 4.98 Å². The lowest BCUT2D eigenvalue weighted by atomic mass is 10.2. The first-order valence-electron chi connectivity index (χ1n) is 6.28. The molecule has 0 atom stereocenters. The second-order valence-electron chi connectivity index (χ2n) is 4.15. The molecule has 0 bridgehead atoms. The molecule has 0 fully saturated rings. The molecule has 0 amide bonds. The van der Waals surface area contributed by atoms with Crippen LogP contribution in [0.5, 0.6) is 0 Å². The Balaban J connectivity index is 1.61. The molecule has 4 heteroatoms. The average Bonchev–Trinajstić information content (AvgIpc) is 2.90. The average molecular weight is 279 g/mol. The summed E-state index contributed by atoms with van der Waals surface area (Å²) < 4.78 is 1.16. The van der Waals surface area contributed by atoms with Crippen molar-refractivity contribution in [2.45, 2.75) is 0 Å². The van der Waals surface area contributed by atoms with E-state index in [0.29, 0.717) is 0 Å². The highest BCUT2D eigenvalue weighted by Crippen LogP contribution is 2.25. The summed E-state index contributed by atoms with van der Waals surface area (Å²) >= 11 is 1.59. The van der Waals surface area contributed by atoms with Gasteiger partial charge >= 0.3 is 0 Å². The van der Waals surface area contributed by atoms with Crippen molar-refractivity contribution in [2.75, 3.05) is 5.43 Å². The third kappa shape index (κ3) is 3.10. The maximum atomic E-state index is 4.44. The Kier molecular flexibility index (Phi) is 3.85. The van der Waals surface area contributed by atoms with Crippen LogP contribution in [0.3, 0.4) is 0 Å². The van der Waals surface area contributed by atoms with Gasteiger partial charge in [0, 0.05) is 6.21 Å². The number of rotatable bonds is 4. The van der Waals surface area contributed by atoms with Gasteiger partial charge in [-0.3, -0.25) is 5.43 Å². The molecule has 0 saturated heterocycles. The van der Waals surface area contributed by atoms with E-state index in [2.05, 4.69) is 21.6 Å². The van der Waals surface area contributed by atoms with Gasteiger partial charge in [-0.05, 0) is 23.8 Å². The number of benzene rings is 2. The van der Waals surface area contributed by atoms with Crippen LogP contribution in [0, 0.1) is 0 Å². The molecule has 0 unspecified atom stereocenters. The van der Waals surface area contributed by atoms with E-state index in [1.807, 2.05) is 60.7 Å². The van der Waals surface area contributed by atoms with E-state index in [4.69, 9.17) is 0 Å². The predicted molar refractivity (Wildman–Crippen MR) is 87.2 cm³/mol. The lowest BCUT2D eigenvalue weighted by molar-refractivity contribution is 1.31. The second-order valence-corrected chi connectivity index (χ2v) is 5.18. The molecule has 0 spiro atoms. The number of hydrogen-bond acceptors (Lipinski definition) is 4. The first-order chi connectivity index (χ1) is 9.92. The molecular weight excluding hydrogens is 266 g/mol. The minimum atomic E-state index is 0.801. The van der Waals surface area contributed by atoms with Gasteiger partial charge in [0.15, 0.2) is 0 Å². The van der Waals surface area contributed by atoms with E-state index in [0.717, 1.165) is 20.9 Å². The Morgan fingerprint density at radius 3 is 2.65 bits per heavy atom. The van der Waals surface area contributed by atoms with Crippen molar-refractivity contribution in [1.82, 2.24) is 4.98 Å². The highest BCUT2D eigenvalue weighted by atomic mass is 32.1. The van der Waals surface area contributed by atoms with Gasteiger partial charge in [0.2, 0.25) is 5.13 Å². The highest BCUT2D eigenvalue weighted by Gasteiger charge is 2.00. The molecule has 2 aromatic carbocycles. The van der Waals surface area contributed by atoms with Crippen molar-refractivity contribution in [1.29, 1.82) is 0 Å². The summed E-state index contributed by atoms with van der Waals surface area (Å²) in [6, 6.07) is 18.2. The lowest BCUT2D eigenvalue weighted by Gasteiger charge is -1.90. The van der Waals surface area contributed by atoms with E-state index in [-0.39, 0.29) is 0 Å². The van der Waals surface area contributed by atoms with Gasteiger partial charge in [-0.1, -0.05) is 59.9 Å². The summed E-state index contributed by atoms with van der Waals surface area (Å²) in [5.41, 5.74) is 5.09. The summed E-state index contributed by atoms with van der Waals surface area (Å²) in [5.74, 6) is 0. The molecule has 0 radical (unpaired) electrons. The Hall–Kier alpha value is -2.46. The molecule has 1 N–H and O–H groups in total. The summed E-state index contributed by atoms with van der Waals surface area (Å²) in [6.07, 6.45) is 5.62. The molecule has 0 aliphatic heterocycles. The fourth-order valence-electron chi connectivity index (χ4n) is 1.77. The van der Waals surface area contributed by atoms with Gasteiger partial charge in [-0.15, -0.1) is 0 Å². The predicted octanol–water partition coefficient (Wildman–Crippen LogP) is 4.41. The largest absolute Gasteiger partial charge is 0.253 e. The number of fused-ring (bicyclic) bond motifs is 1. The quantitative estimate of drug-likeness (QED) is 0.567. The fraction of sp³-hybridized carbons (Fsp3) is 0. The van der Waals surface area contributed by atoms with Crippen molar-refractivity contribution in [3.63, 3.8) is 0 Å². The lowest BCUT2D eigenvalue weighted by Crippen LogP contribution is -1.86. The molecule has 3 aromatic rings. The summed E-state index contributed by atoms with van der Waals surface area (Å²) in [5, 5.41) is 4.94. The van der Waals surface area contributed by atoms with E-state index in [1.54, 1.807) is 17.6 Å². The SMILES string of the molecule is C(/C=C/c1ccccc1)=NNc1nc2ccccc2s1. The molecule has 0 aliphatic rings. The van der Waals surface area contributed by atoms with E-state index in [1.165, 1.54) is 0 Å². The number of allylic oxidation sites excluding steroid dienone is 1. The summed E-state index contributed by atoms with van der Waals surface area (Å²) in [4.78, 5) is 4.44. The number of nitrogens with one attached hydrogen (secondary N) is 1. The molecular formula is C16H13N3S. The van der Waals surface area contributed by atoms with Crippen LogP contribution < -0.4 is 5.43 Å². The molecule has 1 heterocycles. The molecule has 0 aliphatic carbocycles. The number of nitrogens with zero attached hydrogens (tertiary/aromatic N) is 2. The number of para-hydroxylation sites is 1. The standard InChI is InChI=1S/C16H13N3S/c1-2-7-13(8-3-1)9-6-12-17-19-16-18-14-10-4-5-11-15(14)20-16/h1-12H,(H,18,19)/b9-6+,17-12?. The Labute approximate surface area is 121 Å². The van der Waals surface area contributed by atoms with Crippen LogP contribution in [0.25, 0.3) is 16.3 Å². The van der Waals surface area contributed by atoms with Crippen LogP contribution in [0.1, 0.15) is 5.56 Å². The minimum absolute atomic E-state index is 0.801. The van der Waals surface area contributed by atoms with Gasteiger partial charge < -0.3 is 0 Å². The topological polar surface area (TPSA) is 37.3 Å². The van der Waals surface area contributed by atoms with Crippen LogP contribution in [0.15, 0.2) is 65.8 Å². The van der Waals surface area contributed by atoms with Crippen molar-refractivity contribution in [2.24, 2.45) is 5.10 Å². The molecule has 3 rings (SSSR count). The maximum Gasteiger partial charge on any atom is 0.204 e. The molecule has 1 aromatic heterocycles. The fourth-order valence-corrected chi connectivity index (χ4v) is 2.59. The number of thiazole rings is 1. The molecule has 20 heavy (non-hydrogen) atoms.